The van der Waals surface area contributed by atoms with E-state index in [0.717, 1.165) is 0 Å². The van der Waals surface area contributed by atoms with Gasteiger partial charge in [0.2, 0.25) is 0 Å². The number of amides is 1. The van der Waals surface area contributed by atoms with Gasteiger partial charge in [-0.25, -0.2) is 8.78 Å². The molecule has 1 aliphatic heterocycles. The van der Waals surface area contributed by atoms with Crippen LogP contribution in [0.15, 0.2) is 59.1 Å². The van der Waals surface area contributed by atoms with Crippen LogP contribution in [0, 0.1) is 11.6 Å². The third-order valence-corrected chi connectivity index (χ3v) is 5.18. The van der Waals surface area contributed by atoms with Gasteiger partial charge < -0.3 is 24.0 Å². The highest BCUT2D eigenvalue weighted by Gasteiger charge is 2.30. The van der Waals surface area contributed by atoms with Crippen molar-refractivity contribution in [2.45, 2.75) is 31.7 Å². The Bertz CT molecular complexity index is 1060. The molecule has 7 nitrogen and oxygen atoms in total. The second kappa shape index (κ2) is 9.78. The molecule has 168 valence electrons. The summed E-state index contributed by atoms with van der Waals surface area (Å²) in [7, 11) is 0. The molecular weight excluding hydrogens is 422 g/mol. The van der Waals surface area contributed by atoms with Crippen LogP contribution in [-0.4, -0.2) is 46.4 Å². The van der Waals surface area contributed by atoms with Crippen LogP contribution in [0.5, 0.6) is 11.5 Å². The van der Waals surface area contributed by atoms with Crippen LogP contribution in [0.2, 0.25) is 0 Å². The first-order valence-corrected chi connectivity index (χ1v) is 10.2. The van der Waals surface area contributed by atoms with Gasteiger partial charge >= 0.3 is 0 Å². The number of likely N-dealkylation sites (tertiary alicyclic amines) is 1. The minimum Gasteiger partial charge on any atom is -0.486 e. The fourth-order valence-corrected chi connectivity index (χ4v) is 3.43. The van der Waals surface area contributed by atoms with E-state index in [2.05, 4.69) is 5.16 Å². The minimum atomic E-state index is -0.843. The second-order valence-corrected chi connectivity index (χ2v) is 7.44. The summed E-state index contributed by atoms with van der Waals surface area (Å²) in [5.74, 6) is -0.352. The lowest BCUT2D eigenvalue weighted by molar-refractivity contribution is 0.0328. The zero-order valence-electron chi connectivity index (χ0n) is 17.1. The number of benzene rings is 2. The first-order chi connectivity index (χ1) is 15.5. The van der Waals surface area contributed by atoms with Gasteiger partial charge in [-0.1, -0.05) is 17.3 Å². The maximum Gasteiger partial charge on any atom is 0.276 e. The average Bonchev–Trinajstić information content (AvgIpc) is 3.20. The van der Waals surface area contributed by atoms with Gasteiger partial charge in [0.25, 0.3) is 5.91 Å². The lowest BCUT2D eigenvalue weighted by Crippen LogP contribution is -2.33. The van der Waals surface area contributed by atoms with Gasteiger partial charge in [-0.05, 0) is 42.8 Å². The van der Waals surface area contributed by atoms with Crippen LogP contribution >= 0.6 is 0 Å². The summed E-state index contributed by atoms with van der Waals surface area (Å²) < 4.78 is 43.2. The molecule has 1 fully saturated rings. The van der Waals surface area contributed by atoms with Gasteiger partial charge in [0, 0.05) is 25.6 Å². The Morgan fingerprint density at radius 3 is 2.66 bits per heavy atom. The summed E-state index contributed by atoms with van der Waals surface area (Å²) in [6.45, 7) is 0.637. The number of halogens is 2. The fraction of sp³-hybridized carbons (Fsp3) is 0.304. The van der Waals surface area contributed by atoms with E-state index >= 15 is 0 Å². The Kier molecular flexibility index (Phi) is 6.65. The maximum atomic E-state index is 13.9. The van der Waals surface area contributed by atoms with Gasteiger partial charge in [-0.3, -0.25) is 4.79 Å². The van der Waals surface area contributed by atoms with E-state index in [-0.39, 0.29) is 36.2 Å². The van der Waals surface area contributed by atoms with Gasteiger partial charge in [0.1, 0.15) is 24.3 Å². The standard InChI is InChI=1S/C23H22F2N2O5/c24-15-5-7-16(8-6-15)30-14-17-13-19(26-32-17)23(29)27-11-9-20(28)22(10-12-27)31-21-4-2-1-3-18(21)25/h1-8,13,20,22,28H,9-12,14H2/t20-,22-/m0/s1. The molecule has 0 radical (unpaired) electrons. The molecule has 1 amide bonds. The number of para-hydroxylation sites is 1. The summed E-state index contributed by atoms with van der Waals surface area (Å²) in [4.78, 5) is 14.4. The number of rotatable bonds is 6. The van der Waals surface area contributed by atoms with Gasteiger partial charge in [-0.2, -0.15) is 0 Å². The number of aliphatic hydroxyl groups excluding tert-OH is 1. The van der Waals surface area contributed by atoms with Crippen molar-refractivity contribution in [1.82, 2.24) is 10.1 Å². The van der Waals surface area contributed by atoms with E-state index in [1.807, 2.05) is 0 Å². The molecule has 1 aliphatic rings. The average molecular weight is 444 g/mol. The highest BCUT2D eigenvalue weighted by atomic mass is 19.1. The summed E-state index contributed by atoms with van der Waals surface area (Å²) in [6.07, 6.45) is -0.867. The van der Waals surface area contributed by atoms with Crippen molar-refractivity contribution in [2.75, 3.05) is 13.1 Å². The molecule has 3 aromatic rings. The zero-order valence-corrected chi connectivity index (χ0v) is 17.1. The van der Waals surface area contributed by atoms with Crippen LogP contribution in [-0.2, 0) is 6.61 Å². The van der Waals surface area contributed by atoms with Crippen molar-refractivity contribution >= 4 is 5.91 Å². The van der Waals surface area contributed by atoms with E-state index in [9.17, 15) is 18.7 Å². The SMILES string of the molecule is O=C(c1cc(COc2ccc(F)cc2)on1)N1CC[C@H](Oc2ccccc2F)[C@@H](O)CC1. The van der Waals surface area contributed by atoms with Crippen molar-refractivity contribution in [3.63, 3.8) is 0 Å². The number of carbonyl (C=O) groups excluding carboxylic acids is 1. The van der Waals surface area contributed by atoms with Crippen LogP contribution in [0.1, 0.15) is 29.1 Å². The largest absolute Gasteiger partial charge is 0.486 e. The Morgan fingerprint density at radius 2 is 1.88 bits per heavy atom. The summed E-state index contributed by atoms with van der Waals surface area (Å²) in [5.41, 5.74) is 0.116. The zero-order chi connectivity index (χ0) is 22.5. The molecule has 2 aromatic carbocycles. The van der Waals surface area contributed by atoms with Crippen molar-refractivity contribution in [1.29, 1.82) is 0 Å². The van der Waals surface area contributed by atoms with Crippen LogP contribution in [0.4, 0.5) is 8.78 Å². The number of hydrogen-bond acceptors (Lipinski definition) is 6. The van der Waals surface area contributed by atoms with Crippen molar-refractivity contribution in [3.8, 4) is 11.5 Å². The number of ether oxygens (including phenoxy) is 2. The number of nitrogens with zero attached hydrogens (tertiary/aromatic N) is 2. The Balaban J connectivity index is 1.34. The lowest BCUT2D eigenvalue weighted by Gasteiger charge is -2.21. The Morgan fingerprint density at radius 1 is 1.12 bits per heavy atom. The van der Waals surface area contributed by atoms with Crippen molar-refractivity contribution in [3.05, 3.63) is 77.7 Å². The molecule has 0 saturated carbocycles. The normalized spacial score (nSPS) is 18.8. The lowest BCUT2D eigenvalue weighted by atomic mass is 10.1. The third kappa shape index (κ3) is 5.23. The number of carbonyl (C=O) groups is 1. The highest BCUT2D eigenvalue weighted by molar-refractivity contribution is 5.92. The second-order valence-electron chi connectivity index (χ2n) is 7.44. The van der Waals surface area contributed by atoms with Crippen molar-refractivity contribution < 1.29 is 32.7 Å². The smallest absolute Gasteiger partial charge is 0.276 e. The molecular formula is C23H22F2N2O5. The molecule has 0 spiro atoms. The van der Waals surface area contributed by atoms with E-state index in [1.54, 1.807) is 17.0 Å². The minimum absolute atomic E-state index is 0.0309. The molecule has 1 aromatic heterocycles. The Hall–Kier alpha value is -3.46. The summed E-state index contributed by atoms with van der Waals surface area (Å²) >= 11 is 0. The van der Waals surface area contributed by atoms with Crippen molar-refractivity contribution in [2.24, 2.45) is 0 Å². The molecule has 1 N–H and O–H groups in total. The molecule has 2 atom stereocenters. The summed E-state index contributed by atoms with van der Waals surface area (Å²) in [5, 5.41) is 14.2. The molecule has 9 heteroatoms. The van der Waals surface area contributed by atoms with E-state index in [4.69, 9.17) is 14.0 Å². The number of aliphatic hydroxyl groups is 1. The van der Waals surface area contributed by atoms with Crippen LogP contribution < -0.4 is 9.47 Å². The monoisotopic (exact) mass is 444 g/mol. The van der Waals surface area contributed by atoms with Crippen LogP contribution in [0.25, 0.3) is 0 Å². The van der Waals surface area contributed by atoms with Gasteiger partial charge in [-0.15, -0.1) is 0 Å². The molecule has 2 heterocycles. The third-order valence-electron chi connectivity index (χ3n) is 5.18. The fourth-order valence-electron chi connectivity index (χ4n) is 3.43. The maximum absolute atomic E-state index is 13.9. The highest BCUT2D eigenvalue weighted by Crippen LogP contribution is 2.23. The topological polar surface area (TPSA) is 85.0 Å². The van der Waals surface area contributed by atoms with E-state index < -0.39 is 18.0 Å². The molecule has 0 unspecified atom stereocenters. The van der Waals surface area contributed by atoms with E-state index in [1.165, 1.54) is 42.5 Å². The van der Waals surface area contributed by atoms with E-state index in [0.29, 0.717) is 31.0 Å². The first kappa shape index (κ1) is 21.8. The quantitative estimate of drug-likeness (QED) is 0.626. The molecule has 4 rings (SSSR count). The molecule has 32 heavy (non-hydrogen) atoms. The predicted molar refractivity (Wildman–Crippen MR) is 109 cm³/mol. The van der Waals surface area contributed by atoms with Gasteiger partial charge in [0.05, 0.1) is 6.10 Å². The van der Waals surface area contributed by atoms with Crippen LogP contribution in [0.3, 0.4) is 0 Å². The van der Waals surface area contributed by atoms with Gasteiger partial charge in [0.15, 0.2) is 23.0 Å². The number of aromatic nitrogens is 1. The number of hydrogen-bond donors (Lipinski definition) is 1. The Labute approximate surface area is 183 Å². The molecule has 0 aliphatic carbocycles. The molecule has 0 bridgehead atoms. The summed E-state index contributed by atoms with van der Waals surface area (Å²) in [6, 6.07) is 13.0. The predicted octanol–water partition coefficient (Wildman–Crippen LogP) is 3.58. The molecule has 1 saturated heterocycles. The first-order valence-electron chi connectivity index (χ1n) is 10.2.